The molecule has 2 atom stereocenters. The molecule has 0 bridgehead atoms. The summed E-state index contributed by atoms with van der Waals surface area (Å²) in [5, 5.41) is 9.75. The molecule has 9 heteroatoms. The Balaban J connectivity index is 3.97. The predicted octanol–water partition coefficient (Wildman–Crippen LogP) is 23.7. The molecule has 0 rings (SSSR count). The van der Waals surface area contributed by atoms with Gasteiger partial charge in [0, 0.05) is 12.8 Å². The van der Waals surface area contributed by atoms with Crippen LogP contribution < -0.4 is 0 Å². The van der Waals surface area contributed by atoms with Gasteiger partial charge < -0.3 is 28.5 Å². The minimum absolute atomic E-state index is 0.182. The van der Waals surface area contributed by atoms with E-state index in [1.165, 1.54) is 283 Å². The standard InChI is InChI=1S/C78H145NO8/c1-6-8-10-12-14-16-18-20-22-24-26-28-30-31-32-33-34-35-36-37-38-39-40-41-42-43-44-45-47-48-50-52-54-56-58-60-62-64-66-68-75(80)85-72-74(73-86-78(77(82)83)84-71-70-79(3,4)5)87-76(81)69-67-65-63-61-59-57-55-53-51-49-46-29-27-25-23-21-19-17-15-13-11-9-7-2/h19,21,24-27,46,49,74,78H,6-18,20,22-23,28-45,47-48,50-73H2,1-5H3/p+1/b21-19-,26-24-,27-25-,49-46-. The lowest BCUT2D eigenvalue weighted by molar-refractivity contribution is -0.870. The van der Waals surface area contributed by atoms with Crippen LogP contribution in [0.2, 0.25) is 0 Å². The van der Waals surface area contributed by atoms with Crippen LogP contribution in [0.1, 0.15) is 373 Å². The van der Waals surface area contributed by atoms with Gasteiger partial charge in [0.05, 0.1) is 34.4 Å². The maximum Gasteiger partial charge on any atom is 0.361 e. The van der Waals surface area contributed by atoms with E-state index < -0.39 is 24.3 Å². The maximum atomic E-state index is 12.9. The lowest BCUT2D eigenvalue weighted by Crippen LogP contribution is -2.40. The van der Waals surface area contributed by atoms with Crippen molar-refractivity contribution in [3.05, 3.63) is 48.6 Å². The van der Waals surface area contributed by atoms with E-state index in [1.54, 1.807) is 0 Å². The molecule has 0 spiro atoms. The van der Waals surface area contributed by atoms with Crippen molar-refractivity contribution in [1.29, 1.82) is 0 Å². The van der Waals surface area contributed by atoms with Crippen LogP contribution in [0.3, 0.4) is 0 Å². The Morgan fingerprint density at radius 2 is 0.621 bits per heavy atom. The van der Waals surface area contributed by atoms with Crippen molar-refractivity contribution in [2.45, 2.75) is 386 Å². The van der Waals surface area contributed by atoms with Crippen LogP contribution in [-0.4, -0.2) is 87.4 Å². The van der Waals surface area contributed by atoms with Crippen molar-refractivity contribution >= 4 is 17.9 Å². The number of likely N-dealkylation sites (N-methyl/N-ethyl adjacent to an activating group) is 1. The predicted molar refractivity (Wildman–Crippen MR) is 374 cm³/mol. The summed E-state index contributed by atoms with van der Waals surface area (Å²) in [6.07, 6.45) is 86.9. The average molecular weight is 1230 g/mol. The van der Waals surface area contributed by atoms with Gasteiger partial charge in [-0.2, -0.15) is 0 Å². The minimum atomic E-state index is -1.51. The lowest BCUT2D eigenvalue weighted by Gasteiger charge is -2.25. The van der Waals surface area contributed by atoms with Crippen molar-refractivity contribution in [3.8, 4) is 0 Å². The summed E-state index contributed by atoms with van der Waals surface area (Å²) in [5.74, 6) is -1.99. The molecule has 0 aliphatic carbocycles. The van der Waals surface area contributed by atoms with E-state index in [0.29, 0.717) is 23.9 Å². The largest absolute Gasteiger partial charge is 0.477 e. The van der Waals surface area contributed by atoms with E-state index in [1.807, 2.05) is 21.1 Å². The van der Waals surface area contributed by atoms with Crippen LogP contribution in [0.25, 0.3) is 0 Å². The lowest BCUT2D eigenvalue weighted by atomic mass is 10.0. The molecule has 0 amide bonds. The molecule has 2 unspecified atom stereocenters. The van der Waals surface area contributed by atoms with Gasteiger partial charge in [-0.1, -0.05) is 332 Å². The summed E-state index contributed by atoms with van der Waals surface area (Å²) < 4.78 is 23.0. The number of unbranched alkanes of at least 4 members (excludes halogenated alkanes) is 48. The monoisotopic (exact) mass is 1230 g/mol. The summed E-state index contributed by atoms with van der Waals surface area (Å²) in [5.41, 5.74) is 0. The van der Waals surface area contributed by atoms with Crippen LogP contribution in [0, 0.1) is 0 Å². The SMILES string of the molecule is CCCCCCC/C=C\C/C=C\C/C=C\CCCCCCCCCCC(=O)OC(COC(=O)CCCCCCCCCCCCCCCCCCCCCCCCCCCCC/C=C\CCCCCCCCCC)COC(OCC[N+](C)(C)C)C(=O)O. The molecule has 0 fully saturated rings. The Morgan fingerprint density at radius 3 is 0.931 bits per heavy atom. The van der Waals surface area contributed by atoms with Crippen LogP contribution in [0.15, 0.2) is 48.6 Å². The molecule has 0 aliphatic heterocycles. The van der Waals surface area contributed by atoms with Gasteiger partial charge in [0.2, 0.25) is 0 Å². The fourth-order valence-corrected chi connectivity index (χ4v) is 11.3. The first-order valence-electron chi connectivity index (χ1n) is 37.8. The molecule has 87 heavy (non-hydrogen) atoms. The molecule has 1 N–H and O–H groups in total. The third-order valence-corrected chi connectivity index (χ3v) is 17.1. The van der Waals surface area contributed by atoms with E-state index >= 15 is 0 Å². The molecule has 0 aromatic rings. The average Bonchev–Trinajstić information content (AvgIpc) is 3.50. The molecule has 0 saturated carbocycles. The molecule has 0 aromatic heterocycles. The highest BCUT2D eigenvalue weighted by Crippen LogP contribution is 2.19. The first-order chi connectivity index (χ1) is 42.6. The number of carboxylic acid groups (broad SMARTS) is 1. The highest BCUT2D eigenvalue weighted by Gasteiger charge is 2.25. The zero-order valence-corrected chi connectivity index (χ0v) is 58.5. The van der Waals surface area contributed by atoms with Gasteiger partial charge >= 0.3 is 17.9 Å². The summed E-state index contributed by atoms with van der Waals surface area (Å²) in [4.78, 5) is 37.6. The van der Waals surface area contributed by atoms with Gasteiger partial charge in [0.15, 0.2) is 6.10 Å². The second kappa shape index (κ2) is 69.1. The third kappa shape index (κ3) is 70.6. The summed E-state index contributed by atoms with van der Waals surface area (Å²) in [6, 6.07) is 0. The Hall–Kier alpha value is -2.75. The highest BCUT2D eigenvalue weighted by atomic mass is 16.7. The number of hydrogen-bond donors (Lipinski definition) is 1. The number of ether oxygens (including phenoxy) is 4. The second-order valence-corrected chi connectivity index (χ2v) is 27.0. The number of carboxylic acids is 1. The van der Waals surface area contributed by atoms with Gasteiger partial charge in [0.1, 0.15) is 13.2 Å². The number of esters is 2. The van der Waals surface area contributed by atoms with Crippen molar-refractivity contribution in [2.75, 3.05) is 47.5 Å². The zero-order chi connectivity index (χ0) is 63.3. The normalized spacial score (nSPS) is 12.9. The first-order valence-corrected chi connectivity index (χ1v) is 37.8. The quantitative estimate of drug-likeness (QED) is 0.0211. The van der Waals surface area contributed by atoms with Gasteiger partial charge in [-0.05, 0) is 77.0 Å². The Bertz CT molecular complexity index is 1570. The maximum absolute atomic E-state index is 12.9. The number of hydrogen-bond acceptors (Lipinski definition) is 7. The molecule has 0 heterocycles. The van der Waals surface area contributed by atoms with E-state index in [0.717, 1.165) is 57.8 Å². The van der Waals surface area contributed by atoms with Gasteiger partial charge in [-0.25, -0.2) is 4.79 Å². The molecule has 9 nitrogen and oxygen atoms in total. The number of rotatable bonds is 71. The number of allylic oxidation sites excluding steroid dienone is 8. The minimum Gasteiger partial charge on any atom is -0.477 e. The number of carbonyl (C=O) groups excluding carboxylic acids is 2. The fourth-order valence-electron chi connectivity index (χ4n) is 11.3. The van der Waals surface area contributed by atoms with Crippen LogP contribution in [-0.2, 0) is 33.3 Å². The van der Waals surface area contributed by atoms with Crippen LogP contribution in [0.4, 0.5) is 0 Å². The summed E-state index contributed by atoms with van der Waals surface area (Å²) in [7, 11) is 5.98. The summed E-state index contributed by atoms with van der Waals surface area (Å²) in [6.45, 7) is 4.91. The van der Waals surface area contributed by atoms with Gasteiger partial charge in [0.25, 0.3) is 6.29 Å². The fraction of sp³-hybridized carbons (Fsp3) is 0.859. The smallest absolute Gasteiger partial charge is 0.361 e. The van der Waals surface area contributed by atoms with Crippen molar-refractivity contribution in [3.63, 3.8) is 0 Å². The molecular weight excluding hydrogens is 1080 g/mol. The molecule has 510 valence electrons. The molecule has 0 saturated heterocycles. The van der Waals surface area contributed by atoms with Gasteiger partial charge in [-0.15, -0.1) is 0 Å². The third-order valence-electron chi connectivity index (χ3n) is 17.1. The molecular formula is C78H146NO8+. The van der Waals surface area contributed by atoms with Crippen molar-refractivity contribution in [1.82, 2.24) is 0 Å². The second-order valence-electron chi connectivity index (χ2n) is 27.0. The molecule has 0 aromatic carbocycles. The Kier molecular flexibility index (Phi) is 67.0. The first kappa shape index (κ1) is 84.2. The van der Waals surface area contributed by atoms with Gasteiger partial charge in [-0.3, -0.25) is 9.59 Å². The number of quaternary nitrogens is 1. The van der Waals surface area contributed by atoms with Crippen molar-refractivity contribution < 1.29 is 42.9 Å². The Morgan fingerprint density at radius 1 is 0.345 bits per heavy atom. The van der Waals surface area contributed by atoms with Crippen LogP contribution >= 0.6 is 0 Å². The number of carbonyl (C=O) groups is 3. The molecule has 0 radical (unpaired) electrons. The van der Waals surface area contributed by atoms with Crippen molar-refractivity contribution in [2.24, 2.45) is 0 Å². The topological polar surface area (TPSA) is 108 Å². The number of nitrogens with zero attached hydrogens (tertiary/aromatic N) is 1. The van der Waals surface area contributed by atoms with E-state index in [4.69, 9.17) is 18.9 Å². The molecule has 0 aliphatic rings. The van der Waals surface area contributed by atoms with Crippen LogP contribution in [0.5, 0.6) is 0 Å². The summed E-state index contributed by atoms with van der Waals surface area (Å²) >= 11 is 0. The van der Waals surface area contributed by atoms with E-state index in [-0.39, 0.29) is 32.2 Å². The Labute approximate surface area is 540 Å². The van der Waals surface area contributed by atoms with E-state index in [2.05, 4.69) is 62.5 Å². The highest BCUT2D eigenvalue weighted by molar-refractivity contribution is 5.71. The zero-order valence-electron chi connectivity index (χ0n) is 58.5. The number of aliphatic carboxylic acids is 1. The van der Waals surface area contributed by atoms with E-state index in [9.17, 15) is 19.5 Å².